The summed E-state index contributed by atoms with van der Waals surface area (Å²) >= 11 is 0. The van der Waals surface area contributed by atoms with Gasteiger partial charge >= 0.3 is 6.03 Å². The van der Waals surface area contributed by atoms with Gasteiger partial charge < -0.3 is 20.3 Å². The molecule has 0 bridgehead atoms. The number of likely N-dealkylation sites (tertiary alicyclic amines) is 1. The van der Waals surface area contributed by atoms with Crippen molar-refractivity contribution in [2.24, 2.45) is 0 Å². The number of nitrogens with one attached hydrogen (secondary N) is 2. The fourth-order valence-corrected chi connectivity index (χ4v) is 3.74. The number of hydrogen-bond acceptors (Lipinski definition) is 5. The van der Waals surface area contributed by atoms with Gasteiger partial charge in [-0.15, -0.1) is 0 Å². The summed E-state index contributed by atoms with van der Waals surface area (Å²) in [6.07, 6.45) is 10.2. The fraction of sp³-hybridized carbons (Fsp3) is 0.591. The Hall–Kier alpha value is -2.41. The second-order valence-electron chi connectivity index (χ2n) is 7.64. The molecule has 0 saturated carbocycles. The van der Waals surface area contributed by atoms with Gasteiger partial charge in [0, 0.05) is 31.4 Å². The van der Waals surface area contributed by atoms with Gasteiger partial charge in [0.25, 0.3) is 0 Å². The summed E-state index contributed by atoms with van der Waals surface area (Å²) in [5.74, 6) is 0.502. The largest absolute Gasteiger partial charge is 0.481 e. The lowest BCUT2D eigenvalue weighted by Gasteiger charge is -2.32. The van der Waals surface area contributed by atoms with Crippen molar-refractivity contribution in [3.8, 4) is 5.88 Å². The SMILES string of the molecule is CCCCCCCNC1CCN(C(=O)Nc2ccnc3ccc(OC)nc23)CC1. The number of methoxy groups -OCH3 is 1. The van der Waals surface area contributed by atoms with E-state index < -0.39 is 0 Å². The molecule has 0 unspecified atom stereocenters. The fourth-order valence-electron chi connectivity index (χ4n) is 3.74. The lowest BCUT2D eigenvalue weighted by Crippen LogP contribution is -2.46. The van der Waals surface area contributed by atoms with Gasteiger partial charge in [-0.05, 0) is 37.9 Å². The molecule has 0 aliphatic carbocycles. The molecule has 7 nitrogen and oxygen atoms in total. The van der Waals surface area contributed by atoms with Crippen LogP contribution >= 0.6 is 0 Å². The molecule has 1 saturated heterocycles. The van der Waals surface area contributed by atoms with Crippen molar-refractivity contribution in [3.05, 3.63) is 24.4 Å². The molecule has 1 fully saturated rings. The minimum Gasteiger partial charge on any atom is -0.481 e. The first-order chi connectivity index (χ1) is 14.2. The predicted octanol–water partition coefficient (Wildman–Crippen LogP) is 4.19. The van der Waals surface area contributed by atoms with Crippen molar-refractivity contribution in [2.45, 2.75) is 57.9 Å². The maximum absolute atomic E-state index is 12.7. The topological polar surface area (TPSA) is 79.4 Å². The molecule has 7 heteroatoms. The number of anilines is 1. The monoisotopic (exact) mass is 399 g/mol. The van der Waals surface area contributed by atoms with Gasteiger partial charge in [-0.1, -0.05) is 32.6 Å². The Morgan fingerprint density at radius 2 is 1.97 bits per heavy atom. The summed E-state index contributed by atoms with van der Waals surface area (Å²) in [6, 6.07) is 5.82. The van der Waals surface area contributed by atoms with E-state index in [0.29, 0.717) is 23.1 Å². The van der Waals surface area contributed by atoms with E-state index in [2.05, 4.69) is 27.5 Å². The maximum atomic E-state index is 12.7. The van der Waals surface area contributed by atoms with Crippen LogP contribution in [0.1, 0.15) is 51.9 Å². The molecular weight excluding hydrogens is 366 g/mol. The van der Waals surface area contributed by atoms with E-state index in [9.17, 15) is 4.79 Å². The van der Waals surface area contributed by atoms with Crippen LogP contribution in [0, 0.1) is 0 Å². The highest BCUT2D eigenvalue weighted by molar-refractivity contribution is 5.98. The van der Waals surface area contributed by atoms with Crippen molar-refractivity contribution in [3.63, 3.8) is 0 Å². The number of amides is 2. The number of nitrogens with zero attached hydrogens (tertiary/aromatic N) is 3. The first-order valence-corrected chi connectivity index (χ1v) is 10.8. The van der Waals surface area contributed by atoms with E-state index in [1.807, 2.05) is 11.0 Å². The van der Waals surface area contributed by atoms with Crippen LogP contribution in [0.2, 0.25) is 0 Å². The van der Waals surface area contributed by atoms with Crippen LogP contribution in [-0.4, -0.2) is 53.7 Å². The molecule has 1 aliphatic rings. The molecular formula is C22H33N5O2. The first-order valence-electron chi connectivity index (χ1n) is 10.8. The van der Waals surface area contributed by atoms with Crippen LogP contribution in [-0.2, 0) is 0 Å². The highest BCUT2D eigenvalue weighted by Crippen LogP contribution is 2.23. The lowest BCUT2D eigenvalue weighted by molar-refractivity contribution is 0.189. The smallest absolute Gasteiger partial charge is 0.321 e. The number of carbonyl (C=O) groups is 1. The Morgan fingerprint density at radius 3 is 2.72 bits per heavy atom. The van der Waals surface area contributed by atoms with Crippen LogP contribution in [0.4, 0.5) is 10.5 Å². The molecule has 2 aromatic rings. The Bertz CT molecular complexity index is 790. The summed E-state index contributed by atoms with van der Waals surface area (Å²) in [6.45, 7) is 4.85. The molecule has 1 aliphatic heterocycles. The third kappa shape index (κ3) is 6.03. The molecule has 2 amide bonds. The number of ether oxygens (including phenoxy) is 1. The van der Waals surface area contributed by atoms with Crippen LogP contribution in [0.15, 0.2) is 24.4 Å². The number of carbonyl (C=O) groups excluding carboxylic acids is 1. The Morgan fingerprint density at radius 1 is 1.17 bits per heavy atom. The molecule has 29 heavy (non-hydrogen) atoms. The van der Waals surface area contributed by atoms with Crippen LogP contribution in [0.25, 0.3) is 11.0 Å². The van der Waals surface area contributed by atoms with Gasteiger partial charge in [0.2, 0.25) is 5.88 Å². The predicted molar refractivity (Wildman–Crippen MR) is 116 cm³/mol. The molecule has 158 valence electrons. The zero-order valence-corrected chi connectivity index (χ0v) is 17.6. The van der Waals surface area contributed by atoms with Crippen molar-refractivity contribution in [2.75, 3.05) is 32.1 Å². The molecule has 0 spiro atoms. The Balaban J connectivity index is 1.47. The second kappa shape index (κ2) is 11.0. The summed E-state index contributed by atoms with van der Waals surface area (Å²) in [5.41, 5.74) is 2.02. The molecule has 0 radical (unpaired) electrons. The third-order valence-electron chi connectivity index (χ3n) is 5.50. The summed E-state index contributed by atoms with van der Waals surface area (Å²) in [5, 5.41) is 6.66. The van der Waals surface area contributed by atoms with Gasteiger partial charge in [-0.2, -0.15) is 0 Å². The third-order valence-corrected chi connectivity index (χ3v) is 5.50. The molecule has 3 heterocycles. The van der Waals surface area contributed by atoms with E-state index in [0.717, 1.165) is 38.0 Å². The van der Waals surface area contributed by atoms with Crippen molar-refractivity contribution in [1.29, 1.82) is 0 Å². The minimum atomic E-state index is -0.0832. The van der Waals surface area contributed by atoms with Crippen molar-refractivity contribution < 1.29 is 9.53 Å². The number of aromatic nitrogens is 2. The van der Waals surface area contributed by atoms with Gasteiger partial charge in [-0.3, -0.25) is 4.98 Å². The summed E-state index contributed by atoms with van der Waals surface area (Å²) < 4.78 is 5.20. The van der Waals surface area contributed by atoms with Crippen LogP contribution < -0.4 is 15.4 Å². The average Bonchev–Trinajstić information content (AvgIpc) is 2.76. The molecule has 0 aromatic carbocycles. The Labute approximate surface area is 173 Å². The molecule has 2 aromatic heterocycles. The highest BCUT2D eigenvalue weighted by Gasteiger charge is 2.23. The second-order valence-corrected chi connectivity index (χ2v) is 7.64. The minimum absolute atomic E-state index is 0.0832. The summed E-state index contributed by atoms with van der Waals surface area (Å²) in [4.78, 5) is 23.4. The molecule has 0 atom stereocenters. The highest BCUT2D eigenvalue weighted by atomic mass is 16.5. The zero-order chi connectivity index (χ0) is 20.5. The van der Waals surface area contributed by atoms with E-state index in [1.54, 1.807) is 25.4 Å². The van der Waals surface area contributed by atoms with Crippen LogP contribution in [0.5, 0.6) is 5.88 Å². The number of urea groups is 1. The van der Waals surface area contributed by atoms with E-state index in [1.165, 1.54) is 32.1 Å². The van der Waals surface area contributed by atoms with Crippen molar-refractivity contribution >= 4 is 22.8 Å². The van der Waals surface area contributed by atoms with Gasteiger partial charge in [0.1, 0.15) is 5.52 Å². The first kappa shape index (κ1) is 21.3. The summed E-state index contributed by atoms with van der Waals surface area (Å²) in [7, 11) is 1.58. The molecule has 3 rings (SSSR count). The van der Waals surface area contributed by atoms with E-state index in [-0.39, 0.29) is 6.03 Å². The van der Waals surface area contributed by atoms with Gasteiger partial charge in [0.15, 0.2) is 0 Å². The lowest BCUT2D eigenvalue weighted by atomic mass is 10.0. The van der Waals surface area contributed by atoms with Gasteiger partial charge in [0.05, 0.1) is 18.3 Å². The number of piperidine rings is 1. The molecule has 2 N–H and O–H groups in total. The van der Waals surface area contributed by atoms with E-state index in [4.69, 9.17) is 4.74 Å². The standard InChI is InChI=1S/C22H33N5O2/c1-3-4-5-6-7-13-23-17-11-15-27(16-12-17)22(28)25-19-10-14-24-18-8-9-20(29-2)26-21(18)19/h8-10,14,17,23H,3-7,11-13,15-16H2,1-2H3,(H,24,25,28). The Kier molecular flexibility index (Phi) is 8.04. The number of hydrogen-bond donors (Lipinski definition) is 2. The zero-order valence-electron chi connectivity index (χ0n) is 17.6. The number of fused-ring (bicyclic) bond motifs is 1. The van der Waals surface area contributed by atoms with Gasteiger partial charge in [-0.25, -0.2) is 9.78 Å². The normalized spacial score (nSPS) is 14.9. The number of unbranched alkanes of at least 4 members (excludes halogenated alkanes) is 4. The van der Waals surface area contributed by atoms with Crippen molar-refractivity contribution in [1.82, 2.24) is 20.2 Å². The van der Waals surface area contributed by atoms with Crippen LogP contribution in [0.3, 0.4) is 0 Å². The number of pyridine rings is 2. The number of rotatable bonds is 9. The maximum Gasteiger partial charge on any atom is 0.321 e. The van der Waals surface area contributed by atoms with E-state index >= 15 is 0 Å². The average molecular weight is 400 g/mol. The quantitative estimate of drug-likeness (QED) is 0.618.